The summed E-state index contributed by atoms with van der Waals surface area (Å²) in [5.74, 6) is -0.674. The van der Waals surface area contributed by atoms with E-state index in [4.69, 9.17) is 16.3 Å². The molecule has 8 nitrogen and oxygen atoms in total. The molecule has 4 rings (SSSR count). The van der Waals surface area contributed by atoms with Gasteiger partial charge >= 0.3 is 0 Å². The highest BCUT2D eigenvalue weighted by Gasteiger charge is 2.29. The molecular weight excluding hydrogens is 449 g/mol. The molecule has 1 atom stereocenters. The minimum atomic E-state index is -0.932. The number of Topliss-reactive ketones (excluding diaryl/α,β-unsaturated/α-hetero) is 1. The Balaban J connectivity index is 1.54. The van der Waals surface area contributed by atoms with E-state index < -0.39 is 11.5 Å². The van der Waals surface area contributed by atoms with Gasteiger partial charge in [0, 0.05) is 42.6 Å². The van der Waals surface area contributed by atoms with Gasteiger partial charge in [-0.3, -0.25) is 14.5 Å². The fourth-order valence-corrected chi connectivity index (χ4v) is 4.46. The second-order valence-corrected chi connectivity index (χ2v) is 9.48. The number of aromatic nitrogens is 3. The van der Waals surface area contributed by atoms with E-state index in [0.717, 1.165) is 17.0 Å². The number of rotatable bonds is 6. The van der Waals surface area contributed by atoms with Gasteiger partial charge in [-0.25, -0.2) is 0 Å². The normalized spacial score (nSPS) is 19.1. The van der Waals surface area contributed by atoms with E-state index in [0.29, 0.717) is 37.3 Å². The summed E-state index contributed by atoms with van der Waals surface area (Å²) in [5.41, 5.74) is 2.60. The molecule has 2 aliphatic heterocycles. The summed E-state index contributed by atoms with van der Waals surface area (Å²) in [7, 11) is 0. The molecule has 0 aliphatic carbocycles. The number of pyridine rings is 1. The summed E-state index contributed by atoms with van der Waals surface area (Å²) in [6.07, 6.45) is 2.04. The van der Waals surface area contributed by atoms with Crippen molar-refractivity contribution in [1.82, 2.24) is 19.7 Å². The lowest BCUT2D eigenvalue weighted by atomic mass is 10.0. The summed E-state index contributed by atoms with van der Waals surface area (Å²) in [6.45, 7) is 8.67. The van der Waals surface area contributed by atoms with Gasteiger partial charge in [0.2, 0.25) is 11.8 Å². The van der Waals surface area contributed by atoms with E-state index in [1.165, 1.54) is 6.07 Å². The van der Waals surface area contributed by atoms with Crippen LogP contribution in [0, 0.1) is 19.8 Å². The Morgan fingerprint density at radius 3 is 2.82 bits per heavy atom. The van der Waals surface area contributed by atoms with Gasteiger partial charge in [-0.15, -0.1) is 0 Å². The molecule has 2 aliphatic rings. The second-order valence-electron chi connectivity index (χ2n) is 9.10. The number of allylic oxidation sites excluding steroid dienone is 1. The third-order valence-electron chi connectivity index (χ3n) is 5.67. The number of dihydropyridines is 1. The van der Waals surface area contributed by atoms with Crippen LogP contribution in [0.2, 0.25) is 0 Å². The van der Waals surface area contributed by atoms with Crippen LogP contribution in [-0.2, 0) is 11.3 Å². The van der Waals surface area contributed by atoms with Gasteiger partial charge < -0.3 is 14.7 Å². The molecule has 33 heavy (non-hydrogen) atoms. The zero-order chi connectivity index (χ0) is 23.9. The van der Waals surface area contributed by atoms with Crippen molar-refractivity contribution < 1.29 is 19.0 Å². The van der Waals surface area contributed by atoms with Crippen LogP contribution in [0.15, 0.2) is 27.9 Å². The minimum absolute atomic E-state index is 0.0668. The highest BCUT2D eigenvalue weighted by atomic mass is 35.5. The van der Waals surface area contributed by atoms with Gasteiger partial charge in [0.1, 0.15) is 17.7 Å². The number of ketones is 1. The maximum Gasteiger partial charge on any atom is 0.216 e. The number of likely N-dealkylation sites (tertiary alicyclic amines) is 1. The van der Waals surface area contributed by atoms with Crippen molar-refractivity contribution in [3.63, 3.8) is 0 Å². The van der Waals surface area contributed by atoms with Crippen molar-refractivity contribution >= 4 is 23.6 Å². The first-order valence-electron chi connectivity index (χ1n) is 10.8. The number of carbonyl (C=O) groups excluding carboxylic acids is 1. The lowest BCUT2D eigenvalue weighted by Crippen LogP contribution is -2.28. The Labute approximate surface area is 196 Å². The Kier molecular flexibility index (Phi) is 6.28. The summed E-state index contributed by atoms with van der Waals surface area (Å²) in [4.78, 5) is 21.8. The fraction of sp³-hybridized carbons (Fsp3) is 0.478. The van der Waals surface area contributed by atoms with Crippen LogP contribution in [-0.4, -0.2) is 68.1 Å². The number of hydrogen-bond acceptors (Lipinski definition) is 7. The lowest BCUT2D eigenvalue weighted by molar-refractivity contribution is -0.113. The summed E-state index contributed by atoms with van der Waals surface area (Å²) >= 11 is 6.17. The molecule has 1 fully saturated rings. The second kappa shape index (κ2) is 8.87. The Bertz CT molecular complexity index is 1150. The van der Waals surface area contributed by atoms with Gasteiger partial charge in [-0.2, -0.15) is 14.5 Å². The zero-order valence-electron chi connectivity index (χ0n) is 19.1. The molecule has 0 amide bonds. The van der Waals surface area contributed by atoms with E-state index in [1.54, 1.807) is 30.8 Å². The molecule has 0 saturated carbocycles. The Morgan fingerprint density at radius 1 is 1.33 bits per heavy atom. The van der Waals surface area contributed by atoms with E-state index in [9.17, 15) is 14.3 Å². The van der Waals surface area contributed by atoms with Gasteiger partial charge in [0.15, 0.2) is 5.78 Å². The summed E-state index contributed by atoms with van der Waals surface area (Å²) in [6, 6.07) is 3.06. The van der Waals surface area contributed by atoms with Gasteiger partial charge in [-0.05, 0) is 33.3 Å². The maximum atomic E-state index is 14.4. The maximum absolute atomic E-state index is 14.4. The minimum Gasteiger partial charge on any atom is -0.472 e. The molecule has 0 bridgehead atoms. The van der Waals surface area contributed by atoms with Crippen LogP contribution in [0.3, 0.4) is 0 Å². The molecule has 0 radical (unpaired) electrons. The molecule has 0 unspecified atom stereocenters. The average Bonchev–Trinajstić information content (AvgIpc) is 3.26. The number of halogens is 2. The number of aliphatic hydroxyl groups is 1. The van der Waals surface area contributed by atoms with Crippen LogP contribution < -0.4 is 4.74 Å². The average molecular weight is 476 g/mol. The summed E-state index contributed by atoms with van der Waals surface area (Å²) in [5, 5.41) is 14.9. The van der Waals surface area contributed by atoms with Crippen molar-refractivity contribution in [3.8, 4) is 17.0 Å². The van der Waals surface area contributed by atoms with Crippen molar-refractivity contribution in [2.75, 3.05) is 19.6 Å². The van der Waals surface area contributed by atoms with Crippen molar-refractivity contribution in [2.45, 2.75) is 52.4 Å². The third kappa shape index (κ3) is 5.09. The molecule has 2 aromatic heterocycles. The van der Waals surface area contributed by atoms with Crippen LogP contribution in [0.1, 0.15) is 31.7 Å². The van der Waals surface area contributed by atoms with Crippen LogP contribution >= 0.6 is 11.6 Å². The predicted molar refractivity (Wildman–Crippen MR) is 123 cm³/mol. The first-order valence-corrected chi connectivity index (χ1v) is 11.2. The molecule has 2 aromatic rings. The van der Waals surface area contributed by atoms with E-state index in [2.05, 4.69) is 15.1 Å². The molecule has 10 heteroatoms. The summed E-state index contributed by atoms with van der Waals surface area (Å²) < 4.78 is 22.2. The number of nitrogens with zero attached hydrogens (tertiary/aromatic N) is 5. The Hall–Kier alpha value is -2.78. The molecule has 4 heterocycles. The number of aliphatic imine (C=N–C) groups is 1. The molecule has 1 N–H and O–H groups in total. The van der Waals surface area contributed by atoms with E-state index >= 15 is 0 Å². The van der Waals surface area contributed by atoms with Crippen LogP contribution in [0.5, 0.6) is 5.88 Å². The SMILES string of the molecule is Cc1nn(CC(C)(C)O)c(C)c1-c1cc(F)nc(O[C@@H]2CCN(C3=C(Cl)C(=O)CN=C3)C2)c1. The van der Waals surface area contributed by atoms with Gasteiger partial charge in [0.05, 0.1) is 30.1 Å². The van der Waals surface area contributed by atoms with Crippen LogP contribution in [0.4, 0.5) is 4.39 Å². The Morgan fingerprint density at radius 2 is 2.09 bits per heavy atom. The third-order valence-corrected chi connectivity index (χ3v) is 6.07. The molecule has 1 saturated heterocycles. The standard InChI is InChI=1S/C23H27ClFN5O3/c1-13-21(14(2)30(28-13)12-23(3,4)32)15-7-19(25)27-20(8-15)33-16-5-6-29(11-16)17-9-26-10-18(31)22(17)24/h7-9,16,32H,5-6,10-12H2,1-4H3/t16-/m1/s1. The first kappa shape index (κ1) is 23.4. The molecule has 0 aromatic carbocycles. The molecule has 0 spiro atoms. The zero-order valence-corrected chi connectivity index (χ0v) is 19.9. The monoisotopic (exact) mass is 475 g/mol. The molecular formula is C23H27ClFN5O3. The van der Waals surface area contributed by atoms with Crippen LogP contribution in [0.25, 0.3) is 11.1 Å². The number of ether oxygens (including phenoxy) is 1. The molecule has 176 valence electrons. The fourth-order valence-electron chi connectivity index (χ4n) is 4.23. The van der Waals surface area contributed by atoms with Gasteiger partial charge in [0.25, 0.3) is 0 Å². The largest absolute Gasteiger partial charge is 0.472 e. The number of hydrogen-bond donors (Lipinski definition) is 1. The highest BCUT2D eigenvalue weighted by Crippen LogP contribution is 2.31. The highest BCUT2D eigenvalue weighted by molar-refractivity contribution is 6.44. The lowest BCUT2D eigenvalue weighted by Gasteiger charge is -2.22. The topological polar surface area (TPSA) is 92.8 Å². The van der Waals surface area contributed by atoms with Gasteiger partial charge in [-0.1, -0.05) is 11.6 Å². The van der Waals surface area contributed by atoms with E-state index in [1.807, 2.05) is 18.7 Å². The number of aryl methyl sites for hydroxylation is 1. The van der Waals surface area contributed by atoms with Crippen molar-refractivity contribution in [1.29, 1.82) is 0 Å². The van der Waals surface area contributed by atoms with E-state index in [-0.39, 0.29) is 29.3 Å². The van der Waals surface area contributed by atoms with Crippen molar-refractivity contribution in [3.05, 3.63) is 40.2 Å². The first-order chi connectivity index (χ1) is 15.5. The van der Waals surface area contributed by atoms with Crippen molar-refractivity contribution in [2.24, 2.45) is 4.99 Å². The number of carbonyl (C=O) groups is 1. The smallest absolute Gasteiger partial charge is 0.216 e. The predicted octanol–water partition coefficient (Wildman–Crippen LogP) is 3.03. The quantitative estimate of drug-likeness (QED) is 0.645.